The summed E-state index contributed by atoms with van der Waals surface area (Å²) in [5, 5.41) is 8.60. The topological polar surface area (TPSA) is 59.0 Å². The van der Waals surface area contributed by atoms with E-state index in [1.807, 2.05) is 6.92 Å². The van der Waals surface area contributed by atoms with Gasteiger partial charge in [-0.2, -0.15) is 5.26 Å². The van der Waals surface area contributed by atoms with Gasteiger partial charge in [0.1, 0.15) is 0 Å². The Morgan fingerprint density at radius 3 is 2.32 bits per heavy atom. The predicted molar refractivity (Wildman–Crippen MR) is 66.7 cm³/mol. The first-order valence-electron chi connectivity index (χ1n) is 5.44. The molecular weight excluding hydrogens is 250 g/mol. The number of nitrogens with two attached hydrogens (primary N) is 1. The summed E-state index contributed by atoms with van der Waals surface area (Å²) in [5.41, 5.74) is 6.78. The highest BCUT2D eigenvalue weighted by Gasteiger charge is 2.14. The van der Waals surface area contributed by atoms with Gasteiger partial charge in [0, 0.05) is 0 Å². The van der Waals surface area contributed by atoms with E-state index < -0.39 is 17.4 Å². The van der Waals surface area contributed by atoms with Crippen LogP contribution >= 0.6 is 0 Å². The van der Waals surface area contributed by atoms with Crippen LogP contribution in [-0.4, -0.2) is 0 Å². The highest BCUT2D eigenvalue weighted by atomic mass is 19.1. The zero-order chi connectivity index (χ0) is 14.0. The summed E-state index contributed by atoms with van der Waals surface area (Å²) in [6, 6.07) is 8.35. The third-order valence-corrected chi connectivity index (χ3v) is 2.50. The highest BCUT2D eigenvalue weighted by molar-refractivity contribution is 5.56. The molecule has 0 aliphatic rings. The Bertz CT molecular complexity index is 655. The molecule has 5 heteroatoms. The number of rotatable bonds is 2. The van der Waals surface area contributed by atoms with Gasteiger partial charge in [0.05, 0.1) is 17.3 Å². The minimum atomic E-state index is -0.948. The molecule has 96 valence electrons. The molecule has 0 amide bonds. The number of hydrogen-bond donors (Lipinski definition) is 1. The number of nitriles is 1. The highest BCUT2D eigenvalue weighted by Crippen LogP contribution is 2.32. The van der Waals surface area contributed by atoms with Crippen molar-refractivity contribution < 1.29 is 13.5 Å². The first kappa shape index (κ1) is 12.8. The molecule has 0 radical (unpaired) electrons. The van der Waals surface area contributed by atoms with E-state index in [-0.39, 0.29) is 17.0 Å². The van der Waals surface area contributed by atoms with Crippen LogP contribution in [0.15, 0.2) is 30.3 Å². The molecule has 0 fully saturated rings. The zero-order valence-corrected chi connectivity index (χ0v) is 10.1. The van der Waals surface area contributed by atoms with Gasteiger partial charge in [-0.25, -0.2) is 8.78 Å². The van der Waals surface area contributed by atoms with Gasteiger partial charge in [-0.15, -0.1) is 0 Å². The molecule has 0 atom stereocenters. The molecule has 2 N–H and O–H groups in total. The molecule has 2 aromatic rings. The Kier molecular flexibility index (Phi) is 3.34. The number of nitrogen functional groups attached to an aromatic ring is 1. The molecule has 0 unspecified atom stereocenters. The summed E-state index contributed by atoms with van der Waals surface area (Å²) in [5.74, 6) is -2.31. The normalized spacial score (nSPS) is 10.0. The van der Waals surface area contributed by atoms with Crippen LogP contribution in [0.2, 0.25) is 0 Å². The average Bonchev–Trinajstić information content (AvgIpc) is 2.35. The van der Waals surface area contributed by atoms with Crippen LogP contribution in [0.5, 0.6) is 11.5 Å². The fourth-order valence-corrected chi connectivity index (χ4v) is 1.59. The fraction of sp³-hybridized carbons (Fsp3) is 0.0714. The van der Waals surface area contributed by atoms with Crippen LogP contribution in [0, 0.1) is 29.9 Å². The lowest BCUT2D eigenvalue weighted by Gasteiger charge is -2.10. The minimum Gasteiger partial charge on any atom is -0.449 e. The van der Waals surface area contributed by atoms with Crippen LogP contribution in [0.4, 0.5) is 14.5 Å². The molecule has 0 aliphatic carbocycles. The van der Waals surface area contributed by atoms with Gasteiger partial charge in [0.25, 0.3) is 0 Å². The number of halogens is 2. The van der Waals surface area contributed by atoms with Gasteiger partial charge in [-0.3, -0.25) is 0 Å². The van der Waals surface area contributed by atoms with Gasteiger partial charge < -0.3 is 10.5 Å². The third-order valence-electron chi connectivity index (χ3n) is 2.50. The molecule has 0 bridgehead atoms. The molecular formula is C14H10F2N2O. The smallest absolute Gasteiger partial charge is 0.198 e. The van der Waals surface area contributed by atoms with E-state index in [1.165, 1.54) is 6.07 Å². The van der Waals surface area contributed by atoms with Crippen LogP contribution in [0.3, 0.4) is 0 Å². The van der Waals surface area contributed by atoms with E-state index in [0.717, 1.165) is 17.7 Å². The van der Waals surface area contributed by atoms with Crippen LogP contribution in [0.25, 0.3) is 0 Å². The molecule has 3 nitrogen and oxygen atoms in total. The van der Waals surface area contributed by atoms with Gasteiger partial charge in [-0.05, 0) is 36.8 Å². The van der Waals surface area contributed by atoms with Gasteiger partial charge in [0.15, 0.2) is 23.1 Å². The maximum Gasteiger partial charge on any atom is 0.198 e. The number of aryl methyl sites for hydroxylation is 1. The number of hydrogen-bond acceptors (Lipinski definition) is 3. The van der Waals surface area contributed by atoms with Crippen molar-refractivity contribution in [3.63, 3.8) is 0 Å². The molecule has 0 aromatic heterocycles. The summed E-state index contributed by atoms with van der Waals surface area (Å²) in [6.07, 6.45) is 0. The standard InChI is InChI=1S/C14H10F2N2O/c1-8-2-3-13(12(18)4-8)19-14-10(15)5-9(7-17)6-11(14)16/h2-6H,18H2,1H3. The minimum absolute atomic E-state index is 0.112. The van der Waals surface area contributed by atoms with Crippen molar-refractivity contribution >= 4 is 5.69 Å². The van der Waals surface area contributed by atoms with Gasteiger partial charge >= 0.3 is 0 Å². The second-order valence-corrected chi connectivity index (χ2v) is 4.02. The monoisotopic (exact) mass is 260 g/mol. The molecule has 19 heavy (non-hydrogen) atoms. The Morgan fingerprint density at radius 2 is 1.79 bits per heavy atom. The van der Waals surface area contributed by atoms with Gasteiger partial charge in [-0.1, -0.05) is 6.07 Å². The lowest BCUT2D eigenvalue weighted by molar-refractivity contribution is 0.408. The zero-order valence-electron chi connectivity index (χ0n) is 10.1. The van der Waals surface area contributed by atoms with Crippen molar-refractivity contribution in [3.8, 4) is 17.6 Å². The summed E-state index contributed by atoms with van der Waals surface area (Å²) >= 11 is 0. The molecule has 2 aromatic carbocycles. The Hall–Kier alpha value is -2.61. The first-order valence-corrected chi connectivity index (χ1v) is 5.44. The van der Waals surface area contributed by atoms with E-state index in [1.54, 1.807) is 18.2 Å². The summed E-state index contributed by atoms with van der Waals surface area (Å²) < 4.78 is 32.4. The van der Waals surface area contributed by atoms with E-state index >= 15 is 0 Å². The second kappa shape index (κ2) is 4.94. The SMILES string of the molecule is Cc1ccc(Oc2c(F)cc(C#N)cc2F)c(N)c1. The van der Waals surface area contributed by atoms with Crippen molar-refractivity contribution in [2.45, 2.75) is 6.92 Å². The number of nitrogens with zero attached hydrogens (tertiary/aromatic N) is 1. The first-order chi connectivity index (χ1) is 9.01. The molecule has 2 rings (SSSR count). The van der Waals surface area contributed by atoms with Gasteiger partial charge in [0.2, 0.25) is 0 Å². The maximum absolute atomic E-state index is 13.6. The number of anilines is 1. The summed E-state index contributed by atoms with van der Waals surface area (Å²) in [7, 11) is 0. The molecule has 0 spiro atoms. The van der Waals surface area contributed by atoms with Crippen LogP contribution in [0.1, 0.15) is 11.1 Å². The van der Waals surface area contributed by atoms with Crippen molar-refractivity contribution in [2.75, 3.05) is 5.73 Å². The Balaban J connectivity index is 2.41. The van der Waals surface area contributed by atoms with E-state index in [2.05, 4.69) is 0 Å². The lowest BCUT2D eigenvalue weighted by atomic mass is 10.2. The number of ether oxygens (including phenoxy) is 1. The molecule has 0 heterocycles. The van der Waals surface area contributed by atoms with E-state index in [4.69, 9.17) is 15.7 Å². The maximum atomic E-state index is 13.6. The molecule has 0 aliphatic heterocycles. The van der Waals surface area contributed by atoms with Crippen molar-refractivity contribution in [1.82, 2.24) is 0 Å². The van der Waals surface area contributed by atoms with E-state index in [9.17, 15) is 8.78 Å². The summed E-state index contributed by atoms with van der Waals surface area (Å²) in [4.78, 5) is 0. The molecule has 0 saturated carbocycles. The quantitative estimate of drug-likeness (QED) is 0.840. The van der Waals surface area contributed by atoms with Crippen LogP contribution < -0.4 is 10.5 Å². The lowest BCUT2D eigenvalue weighted by Crippen LogP contribution is -1.97. The average molecular weight is 260 g/mol. The Morgan fingerprint density at radius 1 is 1.16 bits per heavy atom. The second-order valence-electron chi connectivity index (χ2n) is 4.02. The van der Waals surface area contributed by atoms with E-state index in [0.29, 0.717) is 0 Å². The molecule has 0 saturated heterocycles. The van der Waals surface area contributed by atoms with Crippen molar-refractivity contribution in [3.05, 3.63) is 53.1 Å². The summed E-state index contributed by atoms with van der Waals surface area (Å²) in [6.45, 7) is 1.84. The Labute approximate surface area is 108 Å². The van der Waals surface area contributed by atoms with Crippen LogP contribution in [-0.2, 0) is 0 Å². The fourth-order valence-electron chi connectivity index (χ4n) is 1.59. The number of benzene rings is 2. The van der Waals surface area contributed by atoms with Crippen molar-refractivity contribution in [1.29, 1.82) is 5.26 Å². The largest absolute Gasteiger partial charge is 0.449 e. The third kappa shape index (κ3) is 2.63. The predicted octanol–water partition coefficient (Wildman–Crippen LogP) is 3.52. The van der Waals surface area contributed by atoms with Crippen molar-refractivity contribution in [2.24, 2.45) is 0 Å².